The summed E-state index contributed by atoms with van der Waals surface area (Å²) < 4.78 is 99.9. The van der Waals surface area contributed by atoms with Crippen LogP contribution in [0.2, 0.25) is 0 Å². The van der Waals surface area contributed by atoms with E-state index in [4.69, 9.17) is 9.47 Å². The molecule has 4 heterocycles. The first kappa shape index (κ1) is 36.0. The molecule has 60 heavy (non-hydrogen) atoms. The molecular weight excluding hydrogens is 768 g/mol. The van der Waals surface area contributed by atoms with E-state index in [1.807, 2.05) is 0 Å². The molecule has 10 heteroatoms. The highest BCUT2D eigenvalue weighted by atomic mass is 19.4. The third-order valence-corrected chi connectivity index (χ3v) is 13.6. The van der Waals surface area contributed by atoms with E-state index in [1.54, 1.807) is 0 Å². The summed E-state index contributed by atoms with van der Waals surface area (Å²) in [6, 6.07) is 25.2. The Bertz CT molecular complexity index is 3290. The van der Waals surface area contributed by atoms with Gasteiger partial charge in [0.15, 0.2) is 0 Å². The predicted molar refractivity (Wildman–Crippen MR) is 231 cm³/mol. The number of rotatable bonds is 2. The lowest BCUT2D eigenvalue weighted by atomic mass is 9.31. The third kappa shape index (κ3) is 4.60. The average Bonchev–Trinajstić information content (AvgIpc) is 3.18. The SMILES string of the molecule is Cc1ccc2c(c1)Oc1cc(C)cc3c1B2c1cc2c(C(C)C)cc4c5c(cc6c(C(C)C)cc-3c1c6c25)B1c2ccc(C(F)(F)F)cc2Oc2cc(C(F)(F)F)cc-4c21. The van der Waals surface area contributed by atoms with Gasteiger partial charge in [-0.3, -0.25) is 0 Å². The molecule has 8 aromatic rings. The van der Waals surface area contributed by atoms with Crippen LogP contribution in [-0.2, 0) is 12.4 Å². The molecule has 8 aromatic carbocycles. The Hall–Kier alpha value is -5.89. The summed E-state index contributed by atoms with van der Waals surface area (Å²) in [6.07, 6.45) is -9.41. The Morgan fingerprint density at radius 1 is 0.433 bits per heavy atom. The van der Waals surface area contributed by atoms with Crippen LogP contribution in [0.5, 0.6) is 23.0 Å². The molecule has 0 fully saturated rings. The van der Waals surface area contributed by atoms with E-state index in [-0.39, 0.29) is 30.0 Å². The van der Waals surface area contributed by atoms with Crippen molar-refractivity contribution in [3.63, 3.8) is 0 Å². The van der Waals surface area contributed by atoms with Crippen molar-refractivity contribution in [3.8, 4) is 45.3 Å². The fourth-order valence-electron chi connectivity index (χ4n) is 11.1. The smallest absolute Gasteiger partial charge is 0.416 e. The Morgan fingerprint density at radius 2 is 0.900 bits per heavy atom. The minimum atomic E-state index is -4.74. The molecular formula is C50H34B2F6O2. The van der Waals surface area contributed by atoms with Gasteiger partial charge in [-0.2, -0.15) is 26.3 Å². The first-order chi connectivity index (χ1) is 28.5. The number of hydrogen-bond acceptors (Lipinski definition) is 2. The van der Waals surface area contributed by atoms with E-state index in [0.29, 0.717) is 22.1 Å². The molecule has 0 saturated carbocycles. The van der Waals surface area contributed by atoms with Crippen LogP contribution < -0.4 is 42.3 Å². The zero-order chi connectivity index (χ0) is 41.6. The van der Waals surface area contributed by atoms with Crippen LogP contribution >= 0.6 is 0 Å². The summed E-state index contributed by atoms with van der Waals surface area (Å²) in [4.78, 5) is 0. The van der Waals surface area contributed by atoms with Gasteiger partial charge in [-0.05, 0) is 167 Å². The molecule has 0 bridgehead atoms. The monoisotopic (exact) mass is 802 g/mol. The van der Waals surface area contributed by atoms with E-state index in [0.717, 1.165) is 117 Å². The van der Waals surface area contributed by atoms with Crippen molar-refractivity contribution in [2.75, 3.05) is 0 Å². The number of hydrogen-bond donors (Lipinski definition) is 0. The number of aryl methyl sites for hydroxylation is 2. The number of halogens is 6. The minimum Gasteiger partial charge on any atom is -0.458 e. The average molecular weight is 802 g/mol. The lowest BCUT2D eigenvalue weighted by molar-refractivity contribution is -0.138. The molecule has 4 aliphatic rings. The van der Waals surface area contributed by atoms with Gasteiger partial charge >= 0.3 is 12.4 Å². The molecule has 0 radical (unpaired) electrons. The highest BCUT2D eigenvalue weighted by Gasteiger charge is 2.46. The second-order valence-corrected chi connectivity index (χ2v) is 17.9. The zero-order valence-electron chi connectivity index (χ0n) is 33.5. The summed E-state index contributed by atoms with van der Waals surface area (Å²) in [6.45, 7) is 11.9. The fourth-order valence-corrected chi connectivity index (χ4v) is 11.1. The van der Waals surface area contributed by atoms with Gasteiger partial charge in [-0.15, -0.1) is 0 Å². The normalized spacial score (nSPS) is 14.5. The summed E-state index contributed by atoms with van der Waals surface area (Å²) in [5.41, 5.74) is 10.9. The summed E-state index contributed by atoms with van der Waals surface area (Å²) >= 11 is 0. The molecule has 294 valence electrons. The molecule has 4 aliphatic heterocycles. The quantitative estimate of drug-likeness (QED) is 0.0985. The Kier molecular flexibility index (Phi) is 6.89. The molecule has 2 nitrogen and oxygen atoms in total. The second kappa shape index (κ2) is 11.5. The fraction of sp³-hybridized carbons (Fsp3) is 0.200. The summed E-state index contributed by atoms with van der Waals surface area (Å²) in [5, 5.41) is 6.04. The van der Waals surface area contributed by atoms with Gasteiger partial charge in [0.25, 0.3) is 13.4 Å². The van der Waals surface area contributed by atoms with E-state index < -0.39 is 30.2 Å². The molecule has 0 aliphatic carbocycles. The number of ether oxygens (including phenoxy) is 2. The highest BCUT2D eigenvalue weighted by Crippen LogP contribution is 2.51. The Balaban J connectivity index is 1.30. The van der Waals surface area contributed by atoms with Crippen molar-refractivity contribution in [1.82, 2.24) is 0 Å². The van der Waals surface area contributed by atoms with Crippen LogP contribution in [0.3, 0.4) is 0 Å². The second-order valence-electron chi connectivity index (χ2n) is 17.9. The highest BCUT2D eigenvalue weighted by molar-refractivity contribution is 7.01. The largest absolute Gasteiger partial charge is 0.458 e. The third-order valence-electron chi connectivity index (χ3n) is 13.6. The molecule has 0 amide bonds. The van der Waals surface area contributed by atoms with E-state index in [1.165, 1.54) is 12.1 Å². The molecule has 0 saturated heterocycles. The van der Waals surface area contributed by atoms with Crippen molar-refractivity contribution >= 4 is 78.5 Å². The molecule has 0 atom stereocenters. The van der Waals surface area contributed by atoms with E-state index in [9.17, 15) is 26.3 Å². The van der Waals surface area contributed by atoms with Gasteiger partial charge in [-0.1, -0.05) is 81.1 Å². The van der Waals surface area contributed by atoms with Crippen molar-refractivity contribution in [2.24, 2.45) is 0 Å². The topological polar surface area (TPSA) is 18.5 Å². The van der Waals surface area contributed by atoms with Crippen LogP contribution in [-0.4, -0.2) is 13.4 Å². The lowest BCUT2D eigenvalue weighted by Crippen LogP contribution is -2.58. The zero-order valence-corrected chi connectivity index (χ0v) is 33.5. The maximum absolute atomic E-state index is 14.8. The van der Waals surface area contributed by atoms with E-state index in [2.05, 4.69) is 96.1 Å². The van der Waals surface area contributed by atoms with Gasteiger partial charge in [0.05, 0.1) is 11.1 Å². The molecule has 0 spiro atoms. The maximum Gasteiger partial charge on any atom is 0.416 e. The van der Waals surface area contributed by atoms with Gasteiger partial charge in [0.1, 0.15) is 23.0 Å². The van der Waals surface area contributed by atoms with Crippen molar-refractivity contribution in [3.05, 3.63) is 118 Å². The van der Waals surface area contributed by atoms with E-state index >= 15 is 0 Å². The minimum absolute atomic E-state index is 0.0127. The summed E-state index contributed by atoms with van der Waals surface area (Å²) in [5.74, 6) is 1.55. The van der Waals surface area contributed by atoms with Gasteiger partial charge in [-0.25, -0.2) is 0 Å². The molecule has 0 N–H and O–H groups in total. The molecule has 0 aromatic heterocycles. The van der Waals surface area contributed by atoms with Crippen molar-refractivity contribution < 1.29 is 35.8 Å². The van der Waals surface area contributed by atoms with Crippen molar-refractivity contribution in [2.45, 2.75) is 65.7 Å². The predicted octanol–water partition coefficient (Wildman–Crippen LogP) is 10.7. The van der Waals surface area contributed by atoms with Crippen LogP contribution in [0.4, 0.5) is 26.3 Å². The molecule has 0 unspecified atom stereocenters. The molecule has 12 rings (SSSR count). The van der Waals surface area contributed by atoms with Crippen LogP contribution in [0, 0.1) is 13.8 Å². The first-order valence-corrected chi connectivity index (χ1v) is 20.4. The first-order valence-electron chi connectivity index (χ1n) is 20.4. The van der Waals surface area contributed by atoms with Crippen molar-refractivity contribution in [1.29, 1.82) is 0 Å². The van der Waals surface area contributed by atoms with Gasteiger partial charge in [0.2, 0.25) is 0 Å². The standard InChI is InChI=1S/C50H34B2F6O2/c1-21(2)27-17-29-33-11-24(6)13-41-47(33)51(35-9-7-23(5)12-39(35)59-41)37-19-32-28(22(3)4)18-30-34-14-26(50(56,57)58)16-42-48(34)52(36-10-8-25(49(53,54)55)15-40(36)60-42)38-20-31(27)45(43(29)37)46(32)44(30)38/h7-22H,1-6H3. The number of benzene rings is 8. The Morgan fingerprint density at radius 3 is 1.43 bits per heavy atom. The van der Waals surface area contributed by atoms with Gasteiger partial charge in [0, 0.05) is 0 Å². The van der Waals surface area contributed by atoms with Gasteiger partial charge < -0.3 is 9.47 Å². The summed E-state index contributed by atoms with van der Waals surface area (Å²) in [7, 11) is 0. The lowest BCUT2D eigenvalue weighted by Gasteiger charge is -2.38. The maximum atomic E-state index is 14.8. The number of alkyl halides is 6. The van der Waals surface area contributed by atoms with Crippen LogP contribution in [0.25, 0.3) is 54.6 Å². The Labute approximate surface area is 342 Å². The van der Waals surface area contributed by atoms with Crippen LogP contribution in [0.15, 0.2) is 84.9 Å². The van der Waals surface area contributed by atoms with Crippen LogP contribution in [0.1, 0.15) is 72.9 Å². The number of fused-ring (bicyclic) bond motifs is 8.